The van der Waals surface area contributed by atoms with Crippen molar-refractivity contribution in [2.75, 3.05) is 12.4 Å². The van der Waals surface area contributed by atoms with Crippen LogP contribution in [0.15, 0.2) is 0 Å². The topological polar surface area (TPSA) is 158 Å². The van der Waals surface area contributed by atoms with Gasteiger partial charge in [-0.2, -0.15) is 11.8 Å². The van der Waals surface area contributed by atoms with E-state index in [1.165, 1.54) is 0 Å². The molecule has 5 amide bonds. The van der Waals surface area contributed by atoms with E-state index in [1.54, 1.807) is 6.92 Å². The second kappa shape index (κ2) is 15.6. The smallest absolute Gasteiger partial charge is 0.315 e. The Balaban J connectivity index is 1.54. The summed E-state index contributed by atoms with van der Waals surface area (Å²) in [5.41, 5.74) is -0.863. The fourth-order valence-electron chi connectivity index (χ4n) is 5.81. The summed E-state index contributed by atoms with van der Waals surface area (Å²) in [7, 11) is 0. The highest BCUT2D eigenvalue weighted by atomic mass is 32.2. The van der Waals surface area contributed by atoms with E-state index in [9.17, 15) is 24.0 Å². The molecule has 5 N–H and O–H groups in total. The molecule has 3 aliphatic rings. The minimum absolute atomic E-state index is 0.103. The van der Waals surface area contributed by atoms with Crippen LogP contribution in [0.2, 0.25) is 0 Å². The number of carbonyl (C=O) groups excluding carboxylic acids is 5. The van der Waals surface area contributed by atoms with Crippen LogP contribution >= 0.6 is 11.8 Å². The molecule has 3 rings (SSSR count). The first-order valence-corrected chi connectivity index (χ1v) is 17.0. The van der Waals surface area contributed by atoms with Crippen LogP contribution in [-0.2, 0) is 23.9 Å². The van der Waals surface area contributed by atoms with Crippen LogP contribution in [0.5, 0.6) is 0 Å². The predicted molar refractivity (Wildman–Crippen MR) is 167 cm³/mol. The lowest BCUT2D eigenvalue weighted by Crippen LogP contribution is -2.57. The van der Waals surface area contributed by atoms with Gasteiger partial charge in [0.05, 0.1) is 24.7 Å². The first kappa shape index (κ1) is 35.1. The largest absolute Gasteiger partial charge is 0.361 e. The number of carbonyl (C=O) groups is 5. The van der Waals surface area contributed by atoms with Gasteiger partial charge in [0, 0.05) is 17.4 Å². The molecule has 3 fully saturated rings. The number of rotatable bonds is 18. The number of fused-ring (bicyclic) bond motifs is 1. The number of thioether (sulfide) groups is 1. The van der Waals surface area contributed by atoms with Gasteiger partial charge in [-0.25, -0.2) is 4.79 Å². The van der Waals surface area contributed by atoms with Crippen LogP contribution in [-0.4, -0.2) is 83.0 Å². The lowest BCUT2D eigenvalue weighted by Gasteiger charge is -2.27. The zero-order valence-electron chi connectivity index (χ0n) is 26.9. The molecule has 0 bridgehead atoms. The molecule has 3 heterocycles. The van der Waals surface area contributed by atoms with Gasteiger partial charge < -0.3 is 31.3 Å². The Morgan fingerprint density at radius 1 is 0.860 bits per heavy atom. The van der Waals surface area contributed by atoms with E-state index in [0.717, 1.165) is 18.6 Å². The molecule has 3 saturated heterocycles. The quantitative estimate of drug-likeness (QED) is 0.0892. The zero-order chi connectivity index (χ0) is 31.9. The number of hydrogen-bond acceptors (Lipinski definition) is 7. The summed E-state index contributed by atoms with van der Waals surface area (Å²) < 4.78 is 5.35. The van der Waals surface area contributed by atoms with E-state index >= 15 is 0 Å². The second-order valence-electron chi connectivity index (χ2n) is 13.9. The molecular weight excluding hydrogens is 570 g/mol. The first-order chi connectivity index (χ1) is 20.2. The molecule has 0 aliphatic carbocycles. The van der Waals surface area contributed by atoms with Gasteiger partial charge in [-0.1, -0.05) is 48.0 Å². The van der Waals surface area contributed by atoms with Crippen molar-refractivity contribution in [3.63, 3.8) is 0 Å². The number of ether oxygens (including phenoxy) is 1. The Kier molecular flexibility index (Phi) is 12.7. The lowest BCUT2D eigenvalue weighted by atomic mass is 9.92. The first-order valence-electron chi connectivity index (χ1n) is 16.0. The van der Waals surface area contributed by atoms with E-state index in [-0.39, 0.29) is 47.6 Å². The fourth-order valence-corrected chi connectivity index (χ4v) is 7.36. The summed E-state index contributed by atoms with van der Waals surface area (Å²) in [6, 6.07) is -2.09. The molecule has 43 heavy (non-hydrogen) atoms. The molecule has 3 aliphatic heterocycles. The Bertz CT molecular complexity index is 1020. The summed E-state index contributed by atoms with van der Waals surface area (Å²) in [5, 5.41) is 15.0. The van der Waals surface area contributed by atoms with Gasteiger partial charge in [0.25, 0.3) is 0 Å². The number of amides is 5. The Hall–Kier alpha value is -2.34. The maximum atomic E-state index is 13.5. The Morgan fingerprint density at radius 3 is 1.95 bits per heavy atom. The van der Waals surface area contributed by atoms with Crippen molar-refractivity contribution < 1.29 is 28.7 Å². The maximum absolute atomic E-state index is 13.5. The molecule has 0 aromatic rings. The van der Waals surface area contributed by atoms with E-state index in [1.807, 2.05) is 53.3 Å². The average molecular weight is 624 g/mol. The van der Waals surface area contributed by atoms with Crippen molar-refractivity contribution in [3.05, 3.63) is 0 Å². The summed E-state index contributed by atoms with van der Waals surface area (Å²) in [4.78, 5) is 64.5. The zero-order valence-corrected chi connectivity index (χ0v) is 27.7. The van der Waals surface area contributed by atoms with Gasteiger partial charge in [-0.3, -0.25) is 19.2 Å². The third-order valence-electron chi connectivity index (χ3n) is 8.22. The van der Waals surface area contributed by atoms with Crippen LogP contribution in [0.4, 0.5) is 4.79 Å². The molecular formula is C31H53N5O6S. The molecule has 0 spiro atoms. The van der Waals surface area contributed by atoms with Crippen LogP contribution < -0.4 is 26.6 Å². The number of unbranched alkanes of at least 4 members (excludes halogenated alkanes) is 1. The molecule has 244 valence electrons. The van der Waals surface area contributed by atoms with E-state index in [0.29, 0.717) is 44.0 Å². The van der Waals surface area contributed by atoms with E-state index in [2.05, 4.69) is 26.6 Å². The molecule has 0 saturated carbocycles. The van der Waals surface area contributed by atoms with Crippen molar-refractivity contribution in [2.24, 2.45) is 17.8 Å². The van der Waals surface area contributed by atoms with Gasteiger partial charge in [0.15, 0.2) is 5.78 Å². The minimum atomic E-state index is -0.863. The molecule has 11 nitrogen and oxygen atoms in total. The normalized spacial score (nSPS) is 26.4. The molecule has 0 radical (unpaired) electrons. The van der Waals surface area contributed by atoms with Crippen molar-refractivity contribution in [3.8, 4) is 0 Å². The SMILES string of the molecule is CC(C)C[C@H](NC(=O)CCCC[C@@H]1SC[C@@H]2NC(=O)N[C@@H]21)C(=O)N[C@@H](CC(C)C)C(=O)N[C@@H](CC(C)C)C(=O)[C@@]1(C)CO1. The number of urea groups is 1. The summed E-state index contributed by atoms with van der Waals surface area (Å²) >= 11 is 1.85. The van der Waals surface area contributed by atoms with Gasteiger partial charge in [0.1, 0.15) is 17.7 Å². The molecule has 12 heteroatoms. The van der Waals surface area contributed by atoms with Gasteiger partial charge in [-0.15, -0.1) is 0 Å². The Morgan fingerprint density at radius 2 is 1.40 bits per heavy atom. The van der Waals surface area contributed by atoms with Crippen molar-refractivity contribution >= 4 is 41.3 Å². The molecule has 0 aromatic heterocycles. The molecule has 7 atom stereocenters. The number of hydrogen-bond donors (Lipinski definition) is 5. The second-order valence-corrected chi connectivity index (χ2v) is 15.2. The average Bonchev–Trinajstić information content (AvgIpc) is 3.39. The monoisotopic (exact) mass is 623 g/mol. The number of ketones is 1. The van der Waals surface area contributed by atoms with Crippen molar-refractivity contribution in [1.29, 1.82) is 0 Å². The van der Waals surface area contributed by atoms with Crippen LogP contribution in [0.1, 0.15) is 93.4 Å². The number of epoxide rings is 1. The third-order valence-corrected chi connectivity index (χ3v) is 9.73. The highest BCUT2D eigenvalue weighted by Gasteiger charge is 2.50. The maximum Gasteiger partial charge on any atom is 0.315 e. The molecule has 0 aromatic carbocycles. The lowest BCUT2D eigenvalue weighted by molar-refractivity contribution is -0.134. The van der Waals surface area contributed by atoms with Crippen LogP contribution in [0, 0.1) is 17.8 Å². The number of nitrogens with one attached hydrogen (secondary N) is 5. The minimum Gasteiger partial charge on any atom is -0.361 e. The van der Waals surface area contributed by atoms with E-state index in [4.69, 9.17) is 4.74 Å². The van der Waals surface area contributed by atoms with Crippen molar-refractivity contribution in [2.45, 2.75) is 134 Å². The van der Waals surface area contributed by atoms with Crippen LogP contribution in [0.25, 0.3) is 0 Å². The van der Waals surface area contributed by atoms with Gasteiger partial charge >= 0.3 is 6.03 Å². The molecule has 0 unspecified atom stereocenters. The number of Topliss-reactive ketones (excluding diaryl/α,β-unsaturated/α-hetero) is 1. The summed E-state index contributed by atoms with van der Waals surface area (Å²) in [6.07, 6.45) is 4.05. The standard InChI is InChI=1S/C31H53N5O6S/c1-17(2)12-20(27(38)31(7)16-42-31)33-29(40)22(14-19(5)6)34-28(39)21(13-18(3)4)32-25(37)11-9-8-10-24-26-23(15-43-24)35-30(41)36-26/h17-24,26H,8-16H2,1-7H3,(H,32,37)(H,33,40)(H,34,39)(H2,35,36,41)/t20-,21-,22-,23-,24-,26-,31+/m0/s1. The summed E-state index contributed by atoms with van der Waals surface area (Å²) in [5.74, 6) is 0.186. The summed E-state index contributed by atoms with van der Waals surface area (Å²) in [6.45, 7) is 14.0. The highest BCUT2D eigenvalue weighted by molar-refractivity contribution is 8.00. The highest BCUT2D eigenvalue weighted by Crippen LogP contribution is 2.33. The predicted octanol–water partition coefficient (Wildman–Crippen LogP) is 2.66. The third kappa shape index (κ3) is 10.7. The van der Waals surface area contributed by atoms with Crippen LogP contribution in [0.3, 0.4) is 0 Å². The van der Waals surface area contributed by atoms with Crippen molar-refractivity contribution in [1.82, 2.24) is 26.6 Å². The van der Waals surface area contributed by atoms with Gasteiger partial charge in [-0.05, 0) is 56.8 Å². The Labute approximate surface area is 260 Å². The van der Waals surface area contributed by atoms with Gasteiger partial charge in [0.2, 0.25) is 17.7 Å². The van der Waals surface area contributed by atoms with E-state index < -0.39 is 35.5 Å². The fraction of sp³-hybridized carbons (Fsp3) is 0.839.